The molecule has 5 rings (SSSR count). The van der Waals surface area contributed by atoms with E-state index in [2.05, 4.69) is 33.2 Å². The second kappa shape index (κ2) is 8.43. The Hall–Kier alpha value is -3.71. The van der Waals surface area contributed by atoms with Gasteiger partial charge in [0, 0.05) is 40.6 Å². The third kappa shape index (κ3) is 3.61. The van der Waals surface area contributed by atoms with Gasteiger partial charge in [0.25, 0.3) is 0 Å². The predicted molar refractivity (Wildman–Crippen MR) is 127 cm³/mol. The van der Waals surface area contributed by atoms with Crippen LogP contribution in [-0.4, -0.2) is 35.8 Å². The summed E-state index contributed by atoms with van der Waals surface area (Å²) in [5, 5.41) is 10.2. The van der Waals surface area contributed by atoms with Crippen molar-refractivity contribution in [2.45, 2.75) is 24.3 Å². The van der Waals surface area contributed by atoms with Gasteiger partial charge in [0.15, 0.2) is 16.8 Å². The summed E-state index contributed by atoms with van der Waals surface area (Å²) in [7, 11) is 0. The van der Waals surface area contributed by atoms with Gasteiger partial charge >= 0.3 is 0 Å². The molecule has 0 radical (unpaired) electrons. The molecule has 3 heterocycles. The molecule has 1 atom stereocenters. The SMILES string of the molecule is Cc1ccccc1-n1c(S[C@H](C)C(=O)c2c[nH]c3ccccc23)nnc1-c1cccnc1. The van der Waals surface area contributed by atoms with Crippen LogP contribution in [0.4, 0.5) is 0 Å². The normalized spacial score (nSPS) is 12.2. The summed E-state index contributed by atoms with van der Waals surface area (Å²) in [6.45, 7) is 3.96. The third-order valence-electron chi connectivity index (χ3n) is 5.42. The maximum atomic E-state index is 13.3. The highest BCUT2D eigenvalue weighted by Gasteiger charge is 2.24. The maximum Gasteiger partial charge on any atom is 0.196 e. The Balaban J connectivity index is 1.54. The molecule has 5 aromatic rings. The monoisotopic (exact) mass is 439 g/mol. The van der Waals surface area contributed by atoms with Gasteiger partial charge in [-0.1, -0.05) is 48.2 Å². The van der Waals surface area contributed by atoms with E-state index in [0.29, 0.717) is 16.5 Å². The average molecular weight is 440 g/mol. The van der Waals surface area contributed by atoms with Gasteiger partial charge in [0.1, 0.15) is 0 Å². The van der Waals surface area contributed by atoms with E-state index in [4.69, 9.17) is 0 Å². The smallest absolute Gasteiger partial charge is 0.196 e. The van der Waals surface area contributed by atoms with Crippen molar-refractivity contribution in [1.29, 1.82) is 0 Å². The average Bonchev–Trinajstić information content (AvgIpc) is 3.44. The minimum Gasteiger partial charge on any atom is -0.360 e. The van der Waals surface area contributed by atoms with Crippen LogP contribution in [0, 0.1) is 6.92 Å². The van der Waals surface area contributed by atoms with Crippen LogP contribution in [0.3, 0.4) is 0 Å². The van der Waals surface area contributed by atoms with Gasteiger partial charge in [-0.15, -0.1) is 10.2 Å². The number of nitrogens with one attached hydrogen (secondary N) is 1. The molecule has 0 aliphatic heterocycles. The molecular formula is C25H21N5OS. The van der Waals surface area contributed by atoms with Crippen molar-refractivity contribution in [1.82, 2.24) is 24.7 Å². The van der Waals surface area contributed by atoms with Crippen molar-refractivity contribution in [2.24, 2.45) is 0 Å². The van der Waals surface area contributed by atoms with E-state index >= 15 is 0 Å². The lowest BCUT2D eigenvalue weighted by Gasteiger charge is -2.14. The fourth-order valence-electron chi connectivity index (χ4n) is 3.77. The molecule has 0 saturated heterocycles. The Morgan fingerprint density at radius 3 is 2.66 bits per heavy atom. The van der Waals surface area contributed by atoms with Crippen LogP contribution in [-0.2, 0) is 0 Å². The van der Waals surface area contributed by atoms with Crippen molar-refractivity contribution in [3.05, 3.63) is 90.4 Å². The summed E-state index contributed by atoms with van der Waals surface area (Å²) in [6, 6.07) is 19.8. The number of benzene rings is 2. The number of aryl methyl sites for hydroxylation is 1. The zero-order valence-corrected chi connectivity index (χ0v) is 18.5. The van der Waals surface area contributed by atoms with E-state index in [0.717, 1.165) is 27.7 Å². The first-order valence-electron chi connectivity index (χ1n) is 10.3. The number of nitrogens with zero attached hydrogens (tertiary/aromatic N) is 4. The van der Waals surface area contributed by atoms with Gasteiger partial charge in [-0.05, 0) is 43.7 Å². The number of ketones is 1. The molecule has 6 nitrogen and oxygen atoms in total. The van der Waals surface area contributed by atoms with Gasteiger partial charge < -0.3 is 4.98 Å². The molecule has 0 amide bonds. The Kier molecular flexibility index (Phi) is 5.33. The predicted octanol–water partition coefficient (Wildman–Crippen LogP) is 5.48. The minimum atomic E-state index is -0.345. The molecular weight excluding hydrogens is 418 g/mol. The van der Waals surface area contributed by atoms with E-state index in [-0.39, 0.29) is 11.0 Å². The summed E-state index contributed by atoms with van der Waals surface area (Å²) in [6.07, 6.45) is 5.29. The summed E-state index contributed by atoms with van der Waals surface area (Å²) in [4.78, 5) is 20.7. The molecule has 7 heteroatoms. The zero-order chi connectivity index (χ0) is 22.1. The standard InChI is InChI=1S/C25H21N5OS/c1-16-8-3-6-12-22(16)30-24(18-9-7-13-26-14-18)28-29-25(30)32-17(2)23(31)20-15-27-21-11-5-4-10-19(20)21/h3-15,17,27H,1-2H3/t17-/m1/s1. The van der Waals surface area contributed by atoms with E-state index in [1.807, 2.05) is 66.1 Å². The first kappa shape index (κ1) is 20.2. The van der Waals surface area contributed by atoms with E-state index in [9.17, 15) is 4.79 Å². The van der Waals surface area contributed by atoms with Crippen LogP contribution in [0.1, 0.15) is 22.8 Å². The first-order valence-corrected chi connectivity index (χ1v) is 11.2. The number of hydrogen-bond acceptors (Lipinski definition) is 5. The molecule has 1 N–H and O–H groups in total. The Morgan fingerprint density at radius 1 is 1.03 bits per heavy atom. The Bertz CT molecular complexity index is 1410. The van der Waals surface area contributed by atoms with Crippen LogP contribution in [0.5, 0.6) is 0 Å². The van der Waals surface area contributed by atoms with Gasteiger partial charge in [0.2, 0.25) is 0 Å². The van der Waals surface area contributed by atoms with E-state index in [1.54, 1.807) is 18.6 Å². The molecule has 0 spiro atoms. The fraction of sp³-hybridized carbons (Fsp3) is 0.120. The molecule has 32 heavy (non-hydrogen) atoms. The number of Topliss-reactive ketones (excluding diaryl/α,β-unsaturated/α-hetero) is 1. The van der Waals surface area contributed by atoms with Crippen LogP contribution < -0.4 is 0 Å². The van der Waals surface area contributed by atoms with Crippen LogP contribution >= 0.6 is 11.8 Å². The molecule has 0 unspecified atom stereocenters. The molecule has 0 saturated carbocycles. The molecule has 3 aromatic heterocycles. The summed E-state index contributed by atoms with van der Waals surface area (Å²) in [5.41, 5.74) is 4.58. The summed E-state index contributed by atoms with van der Waals surface area (Å²) < 4.78 is 2.01. The van der Waals surface area contributed by atoms with Gasteiger partial charge in [-0.2, -0.15) is 0 Å². The number of fused-ring (bicyclic) bond motifs is 1. The third-order valence-corrected chi connectivity index (χ3v) is 6.46. The number of H-pyrrole nitrogens is 1. The summed E-state index contributed by atoms with van der Waals surface area (Å²) >= 11 is 1.41. The number of aromatic nitrogens is 5. The number of aromatic amines is 1. The number of para-hydroxylation sites is 2. The number of carbonyl (C=O) groups excluding carboxylic acids is 1. The zero-order valence-electron chi connectivity index (χ0n) is 17.7. The number of hydrogen-bond donors (Lipinski definition) is 1. The lowest BCUT2D eigenvalue weighted by molar-refractivity contribution is 0.0995. The summed E-state index contributed by atoms with van der Waals surface area (Å²) in [5.74, 6) is 0.747. The van der Waals surface area contributed by atoms with E-state index in [1.165, 1.54) is 11.8 Å². The molecule has 2 aromatic carbocycles. The van der Waals surface area contributed by atoms with Crippen molar-refractivity contribution in [3.8, 4) is 17.1 Å². The first-order chi connectivity index (χ1) is 15.6. The molecule has 0 aliphatic rings. The van der Waals surface area contributed by atoms with Crippen molar-refractivity contribution >= 4 is 28.4 Å². The van der Waals surface area contributed by atoms with Gasteiger partial charge in [-0.25, -0.2) is 0 Å². The quantitative estimate of drug-likeness (QED) is 0.280. The van der Waals surface area contributed by atoms with Gasteiger partial charge in [-0.3, -0.25) is 14.3 Å². The largest absolute Gasteiger partial charge is 0.360 e. The number of rotatable bonds is 6. The van der Waals surface area contributed by atoms with Crippen LogP contribution in [0.25, 0.3) is 28.0 Å². The van der Waals surface area contributed by atoms with E-state index < -0.39 is 0 Å². The highest BCUT2D eigenvalue weighted by atomic mass is 32.2. The Morgan fingerprint density at radius 2 is 1.84 bits per heavy atom. The number of thioether (sulfide) groups is 1. The minimum absolute atomic E-state index is 0.0507. The fourth-order valence-corrected chi connectivity index (χ4v) is 4.69. The topological polar surface area (TPSA) is 76.5 Å². The molecule has 0 fully saturated rings. The lowest BCUT2D eigenvalue weighted by Crippen LogP contribution is -2.14. The Labute approximate surface area is 189 Å². The highest BCUT2D eigenvalue weighted by Crippen LogP contribution is 2.33. The lowest BCUT2D eigenvalue weighted by atomic mass is 10.1. The van der Waals surface area contributed by atoms with Gasteiger partial charge in [0.05, 0.1) is 10.9 Å². The molecule has 0 bridgehead atoms. The maximum absolute atomic E-state index is 13.3. The second-order valence-electron chi connectivity index (χ2n) is 7.54. The van der Waals surface area contributed by atoms with Crippen molar-refractivity contribution < 1.29 is 4.79 Å². The molecule has 158 valence electrons. The second-order valence-corrected chi connectivity index (χ2v) is 8.85. The number of pyridine rings is 1. The molecule has 0 aliphatic carbocycles. The van der Waals surface area contributed by atoms with Crippen LogP contribution in [0.2, 0.25) is 0 Å². The highest BCUT2D eigenvalue weighted by molar-refractivity contribution is 8.00. The van der Waals surface area contributed by atoms with Crippen molar-refractivity contribution in [2.75, 3.05) is 0 Å². The van der Waals surface area contributed by atoms with Crippen molar-refractivity contribution in [3.63, 3.8) is 0 Å². The number of carbonyl (C=O) groups is 1. The van der Waals surface area contributed by atoms with Crippen LogP contribution in [0.15, 0.2) is 84.4 Å².